The van der Waals surface area contributed by atoms with Crippen molar-refractivity contribution in [2.24, 2.45) is 10.9 Å². The van der Waals surface area contributed by atoms with Crippen molar-refractivity contribution in [2.75, 3.05) is 20.2 Å². The maximum atomic E-state index is 6.14. The molecule has 2 heterocycles. The molecule has 1 aromatic heterocycles. The van der Waals surface area contributed by atoms with Crippen LogP contribution >= 0.6 is 0 Å². The van der Waals surface area contributed by atoms with Crippen LogP contribution in [0.3, 0.4) is 0 Å². The van der Waals surface area contributed by atoms with Crippen molar-refractivity contribution in [3.8, 4) is 5.69 Å². The molecule has 2 aromatic carbocycles. The van der Waals surface area contributed by atoms with Gasteiger partial charge >= 0.3 is 0 Å². The minimum atomic E-state index is 0.129. The first-order chi connectivity index (χ1) is 15.2. The van der Waals surface area contributed by atoms with Gasteiger partial charge in [-0.15, -0.1) is 0 Å². The molecular weight excluding hydrogens is 388 g/mol. The molecule has 2 N–H and O–H groups in total. The number of benzene rings is 2. The summed E-state index contributed by atoms with van der Waals surface area (Å²) in [4.78, 5) is 8.37. The lowest BCUT2D eigenvalue weighted by Gasteiger charge is -2.32. The van der Waals surface area contributed by atoms with Crippen LogP contribution in [0.1, 0.15) is 35.6 Å². The average Bonchev–Trinajstić information content (AvgIpc) is 3.35. The van der Waals surface area contributed by atoms with Gasteiger partial charge in [-0.3, -0.25) is 4.99 Å². The van der Waals surface area contributed by atoms with Gasteiger partial charge in [-0.1, -0.05) is 42.0 Å². The number of aromatic nitrogens is 3. The summed E-state index contributed by atoms with van der Waals surface area (Å²) >= 11 is 0. The predicted octanol–water partition coefficient (Wildman–Crippen LogP) is 3.41. The number of ether oxygens (including phenoxy) is 1. The SMILES string of the molecule is CN=C(NCc1ccc(-n2cncn2)cc1)NCC1CCCOC1c1ccc(C)cc1. The van der Waals surface area contributed by atoms with E-state index in [-0.39, 0.29) is 6.10 Å². The van der Waals surface area contributed by atoms with E-state index < -0.39 is 0 Å². The first kappa shape index (κ1) is 21.1. The second kappa shape index (κ2) is 10.2. The first-order valence-electron chi connectivity index (χ1n) is 10.8. The Bertz CT molecular complexity index is 966. The number of nitrogens with one attached hydrogen (secondary N) is 2. The van der Waals surface area contributed by atoms with Gasteiger partial charge in [-0.25, -0.2) is 9.67 Å². The second-order valence-corrected chi connectivity index (χ2v) is 7.92. The molecule has 2 unspecified atom stereocenters. The van der Waals surface area contributed by atoms with Gasteiger partial charge in [-0.2, -0.15) is 5.10 Å². The van der Waals surface area contributed by atoms with E-state index in [2.05, 4.69) is 69.0 Å². The number of hydrogen-bond donors (Lipinski definition) is 2. The highest BCUT2D eigenvalue weighted by Crippen LogP contribution is 2.33. The molecule has 0 amide bonds. The van der Waals surface area contributed by atoms with Crippen LogP contribution in [0.2, 0.25) is 0 Å². The van der Waals surface area contributed by atoms with E-state index in [1.165, 1.54) is 23.0 Å². The normalized spacial score (nSPS) is 19.2. The molecule has 7 heteroatoms. The zero-order chi connectivity index (χ0) is 21.5. The topological polar surface area (TPSA) is 76.4 Å². The Kier molecular flexibility index (Phi) is 6.94. The number of aliphatic imine (C=N–C) groups is 1. The molecule has 1 aliphatic heterocycles. The minimum absolute atomic E-state index is 0.129. The number of rotatable bonds is 6. The fraction of sp³-hybridized carbons (Fsp3) is 0.375. The van der Waals surface area contributed by atoms with Gasteiger partial charge in [-0.05, 0) is 43.0 Å². The Labute approximate surface area is 183 Å². The second-order valence-electron chi connectivity index (χ2n) is 7.92. The average molecular weight is 419 g/mol. The smallest absolute Gasteiger partial charge is 0.191 e. The molecule has 7 nitrogen and oxygen atoms in total. The Balaban J connectivity index is 1.31. The van der Waals surface area contributed by atoms with Crippen LogP contribution in [0.25, 0.3) is 5.69 Å². The molecule has 0 aliphatic carbocycles. The summed E-state index contributed by atoms with van der Waals surface area (Å²) in [6.45, 7) is 4.46. The van der Waals surface area contributed by atoms with Crippen LogP contribution in [-0.2, 0) is 11.3 Å². The van der Waals surface area contributed by atoms with Gasteiger partial charge in [0.2, 0.25) is 0 Å². The molecule has 0 spiro atoms. The number of hydrogen-bond acceptors (Lipinski definition) is 4. The summed E-state index contributed by atoms with van der Waals surface area (Å²) < 4.78 is 7.89. The lowest BCUT2D eigenvalue weighted by Crippen LogP contribution is -2.41. The highest BCUT2D eigenvalue weighted by molar-refractivity contribution is 5.79. The molecule has 2 atom stereocenters. The van der Waals surface area contributed by atoms with Crippen LogP contribution < -0.4 is 10.6 Å². The van der Waals surface area contributed by atoms with E-state index in [1.807, 2.05) is 12.1 Å². The number of nitrogens with zero attached hydrogens (tertiary/aromatic N) is 4. The Morgan fingerprint density at radius 3 is 2.65 bits per heavy atom. The van der Waals surface area contributed by atoms with E-state index in [0.29, 0.717) is 12.5 Å². The monoisotopic (exact) mass is 418 g/mol. The molecule has 0 saturated carbocycles. The molecule has 162 valence electrons. The zero-order valence-corrected chi connectivity index (χ0v) is 18.2. The highest BCUT2D eigenvalue weighted by atomic mass is 16.5. The number of guanidine groups is 1. The Morgan fingerprint density at radius 2 is 1.94 bits per heavy atom. The molecule has 0 bridgehead atoms. The van der Waals surface area contributed by atoms with E-state index in [9.17, 15) is 0 Å². The molecule has 31 heavy (non-hydrogen) atoms. The molecular formula is C24H30N6O. The van der Waals surface area contributed by atoms with E-state index in [1.54, 1.807) is 18.1 Å². The quantitative estimate of drug-likeness (QED) is 0.474. The Morgan fingerprint density at radius 1 is 1.13 bits per heavy atom. The largest absolute Gasteiger partial charge is 0.373 e. The van der Waals surface area contributed by atoms with Gasteiger partial charge < -0.3 is 15.4 Å². The van der Waals surface area contributed by atoms with Crippen molar-refractivity contribution in [1.29, 1.82) is 0 Å². The van der Waals surface area contributed by atoms with Crippen LogP contribution in [-0.4, -0.2) is 40.9 Å². The standard InChI is InChI=1S/C24H30N6O/c1-18-5-9-20(10-6-18)23-21(4-3-13-31-23)15-28-24(25-2)27-14-19-7-11-22(12-8-19)30-17-26-16-29-30/h5-12,16-17,21,23H,3-4,13-15H2,1-2H3,(H2,25,27,28). The molecule has 4 rings (SSSR count). The van der Waals surface area contributed by atoms with E-state index >= 15 is 0 Å². The van der Waals surface area contributed by atoms with Crippen molar-refractivity contribution in [2.45, 2.75) is 32.4 Å². The molecule has 3 aromatic rings. The van der Waals surface area contributed by atoms with Gasteiger partial charge in [0.05, 0.1) is 11.8 Å². The molecule has 0 radical (unpaired) electrons. The zero-order valence-electron chi connectivity index (χ0n) is 18.2. The molecule has 1 fully saturated rings. The predicted molar refractivity (Wildman–Crippen MR) is 122 cm³/mol. The lowest BCUT2D eigenvalue weighted by molar-refractivity contribution is -0.0265. The number of aryl methyl sites for hydroxylation is 1. The Hall–Kier alpha value is -3.19. The summed E-state index contributed by atoms with van der Waals surface area (Å²) in [5.41, 5.74) is 4.69. The summed E-state index contributed by atoms with van der Waals surface area (Å²) in [7, 11) is 1.80. The highest BCUT2D eigenvalue weighted by Gasteiger charge is 2.27. The summed E-state index contributed by atoms with van der Waals surface area (Å²) in [5.74, 6) is 1.21. The van der Waals surface area contributed by atoms with Crippen molar-refractivity contribution >= 4 is 5.96 Å². The summed E-state index contributed by atoms with van der Waals surface area (Å²) in [6, 6.07) is 16.9. The van der Waals surface area contributed by atoms with Crippen LogP contribution in [0.15, 0.2) is 66.2 Å². The summed E-state index contributed by atoms with van der Waals surface area (Å²) in [6.07, 6.45) is 5.60. The van der Waals surface area contributed by atoms with Gasteiger partial charge in [0.25, 0.3) is 0 Å². The summed E-state index contributed by atoms with van der Waals surface area (Å²) in [5, 5.41) is 11.1. The van der Waals surface area contributed by atoms with Crippen molar-refractivity contribution < 1.29 is 4.74 Å². The maximum Gasteiger partial charge on any atom is 0.191 e. The van der Waals surface area contributed by atoms with Gasteiger partial charge in [0, 0.05) is 32.7 Å². The van der Waals surface area contributed by atoms with Crippen molar-refractivity contribution in [3.63, 3.8) is 0 Å². The minimum Gasteiger partial charge on any atom is -0.373 e. The maximum absolute atomic E-state index is 6.14. The fourth-order valence-electron chi connectivity index (χ4n) is 3.92. The van der Waals surface area contributed by atoms with Crippen molar-refractivity contribution in [1.82, 2.24) is 25.4 Å². The third-order valence-electron chi connectivity index (χ3n) is 5.69. The molecule has 1 aliphatic rings. The van der Waals surface area contributed by atoms with E-state index in [4.69, 9.17) is 4.74 Å². The van der Waals surface area contributed by atoms with Crippen LogP contribution in [0, 0.1) is 12.8 Å². The third kappa shape index (κ3) is 5.49. The van der Waals surface area contributed by atoms with Crippen LogP contribution in [0.4, 0.5) is 0 Å². The fourth-order valence-corrected chi connectivity index (χ4v) is 3.92. The first-order valence-corrected chi connectivity index (χ1v) is 10.8. The lowest BCUT2D eigenvalue weighted by atomic mass is 9.89. The van der Waals surface area contributed by atoms with E-state index in [0.717, 1.165) is 37.6 Å². The molecule has 1 saturated heterocycles. The van der Waals surface area contributed by atoms with Crippen molar-refractivity contribution in [3.05, 3.63) is 77.9 Å². The van der Waals surface area contributed by atoms with Gasteiger partial charge in [0.15, 0.2) is 5.96 Å². The van der Waals surface area contributed by atoms with Gasteiger partial charge in [0.1, 0.15) is 12.7 Å². The third-order valence-corrected chi connectivity index (χ3v) is 5.69. The van der Waals surface area contributed by atoms with Crippen LogP contribution in [0.5, 0.6) is 0 Å².